The van der Waals surface area contributed by atoms with Crippen LogP contribution in [0.15, 0.2) is 24.3 Å². The second kappa shape index (κ2) is 70.7. The lowest BCUT2D eigenvalue weighted by molar-refractivity contribution is -0.0319. The van der Waals surface area contributed by atoms with Crippen molar-refractivity contribution >= 4 is 12.4 Å². The zero-order valence-corrected chi connectivity index (χ0v) is 52.6. The van der Waals surface area contributed by atoms with Crippen LogP contribution in [0, 0.1) is 6.92 Å². The minimum absolute atomic E-state index is 0. The molecular formula is C57H106ClN5O24. The summed E-state index contributed by atoms with van der Waals surface area (Å²) in [4.78, 5) is 0. The van der Waals surface area contributed by atoms with E-state index in [1.54, 1.807) is 6.92 Å². The molecule has 0 saturated carbocycles. The van der Waals surface area contributed by atoms with Crippen molar-refractivity contribution in [2.45, 2.75) is 6.92 Å². The molecule has 2 aromatic rings. The molecule has 29 nitrogen and oxygen atoms in total. The Morgan fingerprint density at radius 1 is 0.230 bits per heavy atom. The molecule has 1 aromatic heterocycles. The molecule has 0 radical (unpaired) electrons. The predicted molar refractivity (Wildman–Crippen MR) is 318 cm³/mol. The smallest absolute Gasteiger partial charge is 0.203 e. The van der Waals surface area contributed by atoms with Crippen LogP contribution < -0.4 is 10.5 Å². The maximum atomic E-state index is 5.71. The quantitative estimate of drug-likeness (QED) is 0.0915. The molecule has 0 aliphatic carbocycles. The second-order valence-corrected chi connectivity index (χ2v) is 17.5. The summed E-state index contributed by atoms with van der Waals surface area (Å²) >= 11 is 0. The number of hydrogen-bond donors (Lipinski definition) is 1. The van der Waals surface area contributed by atoms with E-state index in [4.69, 9.17) is 119 Å². The van der Waals surface area contributed by atoms with Crippen LogP contribution in [-0.2, 0) is 109 Å². The highest BCUT2D eigenvalue weighted by atomic mass is 35.5. The fourth-order valence-electron chi connectivity index (χ4n) is 6.34. The van der Waals surface area contributed by atoms with Crippen molar-refractivity contribution in [2.75, 3.05) is 317 Å². The van der Waals surface area contributed by atoms with E-state index in [0.717, 1.165) is 11.3 Å². The standard InChI is InChI=1S/C57H105N5O24.ClH/c1-54-59-61-57(62-60-54)55-2-4-56(5-3-55)86-53-52-85-51-50-84-49-48-83-47-46-82-45-44-81-43-42-80-41-40-79-39-38-78-37-36-77-35-34-76-33-32-75-31-30-74-29-28-73-27-26-72-25-24-71-23-22-70-21-20-69-19-18-68-17-16-67-15-14-66-13-12-65-11-10-64-9-8-63-7-6-58;/h2-5H,6-53,58H2,1H3;1H. The lowest BCUT2D eigenvalue weighted by atomic mass is 10.2. The van der Waals surface area contributed by atoms with Crippen LogP contribution in [0.1, 0.15) is 5.82 Å². The topological polar surface area (TPSA) is 299 Å². The third kappa shape index (κ3) is 61.9. The molecule has 1 aromatic carbocycles. The minimum atomic E-state index is 0. The van der Waals surface area contributed by atoms with E-state index in [2.05, 4.69) is 20.4 Å². The summed E-state index contributed by atoms with van der Waals surface area (Å²) < 4.78 is 132. The van der Waals surface area contributed by atoms with E-state index in [0.29, 0.717) is 329 Å². The van der Waals surface area contributed by atoms with Gasteiger partial charge in [-0.2, -0.15) is 0 Å². The van der Waals surface area contributed by atoms with E-state index in [9.17, 15) is 0 Å². The molecule has 0 fully saturated rings. The van der Waals surface area contributed by atoms with Gasteiger partial charge in [0.1, 0.15) is 12.4 Å². The number of benzene rings is 1. The summed E-state index contributed by atoms with van der Waals surface area (Å²) in [5, 5.41) is 15.9. The molecule has 0 spiro atoms. The van der Waals surface area contributed by atoms with Crippen molar-refractivity contribution in [3.8, 4) is 17.1 Å². The Kier molecular flexibility index (Phi) is 66.9. The Bertz CT molecular complexity index is 1620. The molecule has 1 heterocycles. The maximum absolute atomic E-state index is 5.71. The average Bonchev–Trinajstić information content (AvgIpc) is 3.54. The number of halogens is 1. The Morgan fingerprint density at radius 2 is 0.391 bits per heavy atom. The maximum Gasteiger partial charge on any atom is 0.203 e. The minimum Gasteiger partial charge on any atom is -0.491 e. The van der Waals surface area contributed by atoms with Crippen LogP contribution >= 0.6 is 12.4 Å². The molecule has 0 aliphatic heterocycles. The van der Waals surface area contributed by atoms with Gasteiger partial charge in [0.05, 0.1) is 304 Å². The molecule has 0 aliphatic rings. The van der Waals surface area contributed by atoms with E-state index >= 15 is 0 Å². The average molecular weight is 1280 g/mol. The van der Waals surface area contributed by atoms with Crippen LogP contribution in [0.3, 0.4) is 0 Å². The van der Waals surface area contributed by atoms with E-state index in [1.165, 1.54) is 0 Å². The number of rotatable bonds is 73. The third-order valence-corrected chi connectivity index (χ3v) is 10.6. The van der Waals surface area contributed by atoms with Crippen molar-refractivity contribution in [1.29, 1.82) is 0 Å². The molecule has 30 heteroatoms. The number of aryl methyl sites for hydroxylation is 1. The SMILES string of the molecule is Cc1nnc(-c2ccc(OCCOCCOCCOCCOCCOCCOCCOCCOCCOCCOCCOCCOCCOCCOCCOCCOCCOCCOCCOCCOCCOCCOCCOCCN)cc2)nn1.Cl. The van der Waals surface area contributed by atoms with Gasteiger partial charge >= 0.3 is 0 Å². The van der Waals surface area contributed by atoms with Crippen LogP contribution in [0.5, 0.6) is 5.75 Å². The lowest BCUT2D eigenvalue weighted by Crippen LogP contribution is -2.16. The molecular weight excluding hydrogens is 1170 g/mol. The first-order valence-electron chi connectivity index (χ1n) is 30.0. The van der Waals surface area contributed by atoms with Crippen LogP contribution in [0.25, 0.3) is 11.4 Å². The first-order chi connectivity index (χ1) is 42.8. The third-order valence-electron chi connectivity index (χ3n) is 10.6. The van der Waals surface area contributed by atoms with Crippen molar-refractivity contribution in [2.24, 2.45) is 5.73 Å². The van der Waals surface area contributed by atoms with Gasteiger partial charge in [-0.05, 0) is 31.2 Å². The lowest BCUT2D eigenvalue weighted by Gasteiger charge is -2.09. The van der Waals surface area contributed by atoms with Gasteiger partial charge in [0, 0.05) is 12.1 Å². The molecule has 2 N–H and O–H groups in total. The molecule has 0 bridgehead atoms. The van der Waals surface area contributed by atoms with Crippen LogP contribution in [0.2, 0.25) is 0 Å². The summed E-state index contributed by atoms with van der Waals surface area (Å²) in [5.41, 5.74) is 6.16. The first-order valence-corrected chi connectivity index (χ1v) is 30.0. The van der Waals surface area contributed by atoms with Gasteiger partial charge in [-0.25, -0.2) is 0 Å². The highest BCUT2D eigenvalue weighted by Crippen LogP contribution is 2.18. The Balaban J connectivity index is 0.0000378. The van der Waals surface area contributed by atoms with Gasteiger partial charge in [-0.1, -0.05) is 0 Å². The van der Waals surface area contributed by atoms with Gasteiger partial charge in [0.15, 0.2) is 5.82 Å². The molecule has 0 atom stereocenters. The van der Waals surface area contributed by atoms with E-state index < -0.39 is 0 Å². The molecule has 87 heavy (non-hydrogen) atoms. The summed E-state index contributed by atoms with van der Waals surface area (Å²) in [6.07, 6.45) is 0. The Hall–Kier alpha value is -2.71. The first kappa shape index (κ1) is 82.3. The van der Waals surface area contributed by atoms with Crippen molar-refractivity contribution in [1.82, 2.24) is 20.4 Å². The van der Waals surface area contributed by atoms with Crippen LogP contribution in [0.4, 0.5) is 0 Å². The van der Waals surface area contributed by atoms with E-state index in [1.807, 2.05) is 24.3 Å². The van der Waals surface area contributed by atoms with Crippen molar-refractivity contribution in [3.05, 3.63) is 30.1 Å². The molecule has 510 valence electrons. The van der Waals surface area contributed by atoms with Crippen LogP contribution in [-0.4, -0.2) is 337 Å². The summed E-state index contributed by atoms with van der Waals surface area (Å²) in [6, 6.07) is 7.42. The van der Waals surface area contributed by atoms with Gasteiger partial charge in [-0.3, -0.25) is 0 Å². The second-order valence-electron chi connectivity index (χ2n) is 17.5. The van der Waals surface area contributed by atoms with Gasteiger partial charge in [0.2, 0.25) is 5.82 Å². The largest absolute Gasteiger partial charge is 0.491 e. The number of nitrogens with two attached hydrogens (primary N) is 1. The summed E-state index contributed by atoms with van der Waals surface area (Å²) in [7, 11) is 0. The molecule has 2 rings (SSSR count). The fourth-order valence-corrected chi connectivity index (χ4v) is 6.34. The number of ether oxygens (including phenoxy) is 24. The van der Waals surface area contributed by atoms with Crippen molar-refractivity contribution < 1.29 is 114 Å². The highest BCUT2D eigenvalue weighted by molar-refractivity contribution is 5.85. The number of nitrogens with zero attached hydrogens (tertiary/aromatic N) is 4. The van der Waals surface area contributed by atoms with Gasteiger partial charge < -0.3 is 119 Å². The predicted octanol–water partition coefficient (Wildman–Crippen LogP) is 1.38. The molecule has 0 unspecified atom stereocenters. The highest BCUT2D eigenvalue weighted by Gasteiger charge is 2.05. The number of aromatic nitrogens is 4. The number of hydrogen-bond acceptors (Lipinski definition) is 29. The zero-order chi connectivity index (χ0) is 60.9. The normalized spacial score (nSPS) is 11.5. The van der Waals surface area contributed by atoms with Gasteiger partial charge in [0.25, 0.3) is 0 Å². The Morgan fingerprint density at radius 3 is 0.563 bits per heavy atom. The monoisotopic (exact) mass is 1280 g/mol. The fraction of sp³-hybridized carbons (Fsp3) is 0.860. The summed E-state index contributed by atoms with van der Waals surface area (Å²) in [6.45, 7) is 25.2. The molecule has 0 saturated heterocycles. The Labute approximate surface area is 521 Å². The van der Waals surface area contributed by atoms with Crippen molar-refractivity contribution in [3.63, 3.8) is 0 Å². The molecule has 0 amide bonds. The zero-order valence-electron chi connectivity index (χ0n) is 51.8. The van der Waals surface area contributed by atoms with E-state index in [-0.39, 0.29) is 12.4 Å². The summed E-state index contributed by atoms with van der Waals surface area (Å²) in [5.74, 6) is 1.72. The van der Waals surface area contributed by atoms with Gasteiger partial charge in [-0.15, -0.1) is 32.8 Å².